The molecule has 1 unspecified atom stereocenters. The highest BCUT2D eigenvalue weighted by atomic mass is 35.5. The first-order chi connectivity index (χ1) is 9.18. The van der Waals surface area contributed by atoms with Crippen LogP contribution in [-0.2, 0) is 14.9 Å². The Kier molecular flexibility index (Phi) is 5.19. The number of ether oxygens (including phenoxy) is 1. The van der Waals surface area contributed by atoms with Gasteiger partial charge >= 0.3 is 5.97 Å². The van der Waals surface area contributed by atoms with Gasteiger partial charge in [-0.1, -0.05) is 29.8 Å². The third kappa shape index (κ3) is 4.54. The fourth-order valence-corrected chi connectivity index (χ4v) is 2.25. The molecule has 1 aromatic rings. The normalized spacial score (nSPS) is 14.2. The summed E-state index contributed by atoms with van der Waals surface area (Å²) in [6.45, 7) is 7.26. The second-order valence-electron chi connectivity index (χ2n) is 6.01. The van der Waals surface area contributed by atoms with Gasteiger partial charge in [0.15, 0.2) is 0 Å². The quantitative estimate of drug-likeness (QED) is 0.780. The van der Waals surface area contributed by atoms with E-state index < -0.39 is 11.0 Å². The van der Waals surface area contributed by atoms with Gasteiger partial charge in [-0.3, -0.25) is 4.79 Å². The Hall–Kier alpha value is -1.53. The molecule has 0 N–H and O–H groups in total. The van der Waals surface area contributed by atoms with E-state index in [4.69, 9.17) is 16.3 Å². The summed E-state index contributed by atoms with van der Waals surface area (Å²) in [7, 11) is 0. The van der Waals surface area contributed by atoms with Gasteiger partial charge in [-0.05, 0) is 45.7 Å². The van der Waals surface area contributed by atoms with E-state index in [1.807, 2.05) is 39.0 Å². The maximum Gasteiger partial charge on any atom is 0.306 e. The first-order valence-corrected chi connectivity index (χ1v) is 6.94. The Morgan fingerprint density at radius 1 is 1.30 bits per heavy atom. The van der Waals surface area contributed by atoms with E-state index >= 15 is 0 Å². The molecule has 0 aromatic heterocycles. The molecule has 3 nitrogen and oxygen atoms in total. The molecule has 4 heteroatoms. The monoisotopic (exact) mass is 293 g/mol. The van der Waals surface area contributed by atoms with E-state index in [9.17, 15) is 10.1 Å². The molecule has 0 aliphatic rings. The molecule has 1 atom stereocenters. The number of rotatable bonds is 4. The van der Waals surface area contributed by atoms with Gasteiger partial charge in [-0.25, -0.2) is 0 Å². The van der Waals surface area contributed by atoms with E-state index in [1.165, 1.54) is 0 Å². The summed E-state index contributed by atoms with van der Waals surface area (Å²) in [5.74, 6) is -0.300. The summed E-state index contributed by atoms with van der Waals surface area (Å²) in [6.07, 6.45) is 0.564. The lowest BCUT2D eigenvalue weighted by Crippen LogP contribution is -2.26. The van der Waals surface area contributed by atoms with Gasteiger partial charge in [-0.2, -0.15) is 5.26 Å². The van der Waals surface area contributed by atoms with Crippen molar-refractivity contribution in [2.45, 2.75) is 51.6 Å². The number of hydrogen-bond donors (Lipinski definition) is 0. The Bertz CT molecular complexity index is 528. The predicted molar refractivity (Wildman–Crippen MR) is 79.5 cm³/mol. The van der Waals surface area contributed by atoms with Crippen molar-refractivity contribution >= 4 is 17.6 Å². The molecule has 108 valence electrons. The van der Waals surface area contributed by atoms with Crippen LogP contribution in [0.5, 0.6) is 0 Å². The zero-order chi connectivity index (χ0) is 15.4. The lowest BCUT2D eigenvalue weighted by Gasteiger charge is -2.24. The van der Waals surface area contributed by atoms with Gasteiger partial charge in [0.1, 0.15) is 5.60 Å². The van der Waals surface area contributed by atoms with Crippen molar-refractivity contribution in [1.82, 2.24) is 0 Å². The molecular weight excluding hydrogens is 274 g/mol. The first kappa shape index (κ1) is 16.5. The van der Waals surface area contributed by atoms with Crippen molar-refractivity contribution in [2.24, 2.45) is 0 Å². The van der Waals surface area contributed by atoms with Crippen molar-refractivity contribution in [1.29, 1.82) is 5.26 Å². The second kappa shape index (κ2) is 6.28. The van der Waals surface area contributed by atoms with Crippen molar-refractivity contribution in [2.75, 3.05) is 0 Å². The van der Waals surface area contributed by atoms with Gasteiger partial charge in [0, 0.05) is 11.4 Å². The number of benzene rings is 1. The fourth-order valence-electron chi connectivity index (χ4n) is 1.90. The minimum absolute atomic E-state index is 0.187. The zero-order valence-electron chi connectivity index (χ0n) is 12.4. The van der Waals surface area contributed by atoms with Crippen molar-refractivity contribution in [3.8, 4) is 6.07 Å². The van der Waals surface area contributed by atoms with Gasteiger partial charge in [0.2, 0.25) is 0 Å². The number of nitrogens with zero attached hydrogens (tertiary/aromatic N) is 1. The van der Waals surface area contributed by atoms with Crippen LogP contribution in [0.25, 0.3) is 0 Å². The molecule has 0 fully saturated rings. The highest BCUT2D eigenvalue weighted by molar-refractivity contribution is 6.31. The molecular formula is C16H20ClNO2. The van der Waals surface area contributed by atoms with Crippen molar-refractivity contribution in [3.05, 3.63) is 34.9 Å². The van der Waals surface area contributed by atoms with Crippen LogP contribution in [0, 0.1) is 11.3 Å². The topological polar surface area (TPSA) is 50.1 Å². The number of esters is 1. The van der Waals surface area contributed by atoms with Crippen LogP contribution in [-0.4, -0.2) is 11.6 Å². The van der Waals surface area contributed by atoms with Crippen LogP contribution in [0.1, 0.15) is 46.1 Å². The van der Waals surface area contributed by atoms with Gasteiger partial charge < -0.3 is 4.74 Å². The van der Waals surface area contributed by atoms with Crippen LogP contribution in [0.15, 0.2) is 24.3 Å². The van der Waals surface area contributed by atoms with Crippen LogP contribution < -0.4 is 0 Å². The summed E-state index contributed by atoms with van der Waals surface area (Å²) in [5, 5.41) is 9.99. The average Bonchev–Trinajstić information content (AvgIpc) is 2.34. The predicted octanol–water partition coefficient (Wildman–Crippen LogP) is 4.24. The molecule has 0 aliphatic carbocycles. The van der Waals surface area contributed by atoms with Crippen molar-refractivity contribution in [3.63, 3.8) is 0 Å². The Balaban J connectivity index is 2.80. The average molecular weight is 294 g/mol. The summed E-state index contributed by atoms with van der Waals surface area (Å²) in [5.41, 5.74) is -0.563. The smallest absolute Gasteiger partial charge is 0.306 e. The minimum Gasteiger partial charge on any atom is -0.460 e. The molecule has 0 saturated heterocycles. The molecule has 0 spiro atoms. The number of nitriles is 1. The third-order valence-electron chi connectivity index (χ3n) is 2.96. The lowest BCUT2D eigenvalue weighted by atomic mass is 9.80. The lowest BCUT2D eigenvalue weighted by molar-refractivity contribution is -0.155. The molecule has 0 saturated carbocycles. The highest BCUT2D eigenvalue weighted by Gasteiger charge is 2.30. The minimum atomic E-state index is -0.796. The molecule has 1 aromatic carbocycles. The van der Waals surface area contributed by atoms with Gasteiger partial charge in [0.05, 0.1) is 11.5 Å². The van der Waals surface area contributed by atoms with Gasteiger partial charge in [-0.15, -0.1) is 0 Å². The fraction of sp³-hybridized carbons (Fsp3) is 0.500. The SMILES string of the molecule is CC(C)(C)OC(=O)CCC(C)(C#N)c1ccccc1Cl. The maximum atomic E-state index is 11.8. The van der Waals surface area contributed by atoms with Crippen LogP contribution in [0.4, 0.5) is 0 Å². The Morgan fingerprint density at radius 3 is 2.40 bits per heavy atom. The highest BCUT2D eigenvalue weighted by Crippen LogP contribution is 2.33. The molecule has 0 heterocycles. The first-order valence-electron chi connectivity index (χ1n) is 6.56. The van der Waals surface area contributed by atoms with Crippen LogP contribution in [0.3, 0.4) is 0 Å². The molecule has 0 bridgehead atoms. The van der Waals surface area contributed by atoms with Gasteiger partial charge in [0.25, 0.3) is 0 Å². The third-order valence-corrected chi connectivity index (χ3v) is 3.29. The zero-order valence-corrected chi connectivity index (χ0v) is 13.1. The molecule has 0 aliphatic heterocycles. The number of carbonyl (C=O) groups is 1. The summed E-state index contributed by atoms with van der Waals surface area (Å²) in [6, 6.07) is 9.49. The van der Waals surface area contributed by atoms with Crippen LogP contribution in [0.2, 0.25) is 5.02 Å². The number of halogens is 1. The largest absolute Gasteiger partial charge is 0.460 e. The molecule has 0 radical (unpaired) electrons. The maximum absolute atomic E-state index is 11.8. The van der Waals surface area contributed by atoms with E-state index in [-0.39, 0.29) is 12.4 Å². The van der Waals surface area contributed by atoms with E-state index in [1.54, 1.807) is 13.0 Å². The number of carbonyl (C=O) groups excluding carboxylic acids is 1. The molecule has 20 heavy (non-hydrogen) atoms. The molecule has 1 rings (SSSR count). The van der Waals surface area contributed by atoms with E-state index in [0.29, 0.717) is 11.4 Å². The number of hydrogen-bond acceptors (Lipinski definition) is 3. The summed E-state index contributed by atoms with van der Waals surface area (Å²) >= 11 is 6.14. The van der Waals surface area contributed by atoms with Crippen molar-refractivity contribution < 1.29 is 9.53 Å². The summed E-state index contributed by atoms with van der Waals surface area (Å²) < 4.78 is 5.26. The second-order valence-corrected chi connectivity index (χ2v) is 6.42. The Morgan fingerprint density at radius 2 is 1.90 bits per heavy atom. The van der Waals surface area contributed by atoms with E-state index in [0.717, 1.165) is 5.56 Å². The summed E-state index contributed by atoms with van der Waals surface area (Å²) in [4.78, 5) is 11.8. The van der Waals surface area contributed by atoms with E-state index in [2.05, 4.69) is 6.07 Å². The van der Waals surface area contributed by atoms with Crippen LogP contribution >= 0.6 is 11.6 Å². The standard InChI is InChI=1S/C16H20ClNO2/c1-15(2,3)20-14(19)9-10-16(4,11-18)12-7-5-6-8-13(12)17/h5-8H,9-10H2,1-4H3. The molecule has 0 amide bonds. The Labute approximate surface area is 125 Å².